The summed E-state index contributed by atoms with van der Waals surface area (Å²) in [6, 6.07) is 7.66. The Morgan fingerprint density at radius 3 is 2.43 bits per heavy atom. The molecule has 2 aromatic carbocycles. The summed E-state index contributed by atoms with van der Waals surface area (Å²) in [6.07, 6.45) is 0. The fourth-order valence-corrected chi connectivity index (χ4v) is 5.81. The van der Waals surface area contributed by atoms with E-state index in [1.807, 2.05) is 20.8 Å². The maximum absolute atomic E-state index is 15.2. The third kappa shape index (κ3) is 4.54. The van der Waals surface area contributed by atoms with Crippen molar-refractivity contribution >= 4 is 21.4 Å². The minimum absolute atomic E-state index is 0.0278. The lowest BCUT2D eigenvalue weighted by atomic mass is 9.91. The predicted molar refractivity (Wildman–Crippen MR) is 131 cm³/mol. The molecule has 12 heteroatoms. The van der Waals surface area contributed by atoms with E-state index in [9.17, 15) is 18.3 Å². The van der Waals surface area contributed by atoms with Crippen LogP contribution < -0.4 is 10.6 Å². The highest BCUT2D eigenvalue weighted by atomic mass is 32.2. The lowest BCUT2D eigenvalue weighted by Gasteiger charge is -2.36. The van der Waals surface area contributed by atoms with E-state index in [1.54, 1.807) is 24.3 Å². The summed E-state index contributed by atoms with van der Waals surface area (Å²) in [5.74, 6) is -2.03. The van der Waals surface area contributed by atoms with E-state index in [4.69, 9.17) is 14.9 Å². The topological polar surface area (TPSA) is 149 Å². The molecule has 2 aliphatic heterocycles. The molecule has 3 heterocycles. The third-order valence-corrected chi connectivity index (χ3v) is 8.26. The van der Waals surface area contributed by atoms with Gasteiger partial charge in [-0.15, -0.1) is 10.2 Å². The van der Waals surface area contributed by atoms with Crippen LogP contribution in [0.5, 0.6) is 0 Å². The molecule has 0 aliphatic carbocycles. The zero-order chi connectivity index (χ0) is 26.8. The molecule has 1 aromatic heterocycles. The highest BCUT2D eigenvalue weighted by molar-refractivity contribution is 7.91. The Bertz CT molecular complexity index is 1480. The van der Waals surface area contributed by atoms with Gasteiger partial charge in [0.1, 0.15) is 11.4 Å². The van der Waals surface area contributed by atoms with Crippen LogP contribution in [0.3, 0.4) is 0 Å². The molecular formula is C25H27FN4O6S. The molecule has 1 saturated heterocycles. The summed E-state index contributed by atoms with van der Waals surface area (Å²) < 4.78 is 52.1. The second kappa shape index (κ2) is 8.69. The number of aromatic nitrogens is 2. The van der Waals surface area contributed by atoms with Gasteiger partial charge < -0.3 is 24.9 Å². The largest absolute Gasteiger partial charge is 0.420 e. The van der Waals surface area contributed by atoms with Crippen LogP contribution in [0.15, 0.2) is 45.7 Å². The summed E-state index contributed by atoms with van der Waals surface area (Å²) in [4.78, 5) is 14.2. The van der Waals surface area contributed by atoms with Crippen molar-refractivity contribution < 1.29 is 31.9 Å². The van der Waals surface area contributed by atoms with Gasteiger partial charge in [-0.1, -0.05) is 45.0 Å². The minimum Gasteiger partial charge on any atom is -0.420 e. The highest BCUT2D eigenvalue weighted by Gasteiger charge is 2.39. The molecule has 0 unspecified atom stereocenters. The van der Waals surface area contributed by atoms with E-state index in [0.717, 1.165) is 6.07 Å². The van der Waals surface area contributed by atoms with Gasteiger partial charge in [0.25, 0.3) is 5.89 Å². The molecule has 2 aliphatic rings. The van der Waals surface area contributed by atoms with Gasteiger partial charge in [-0.2, -0.15) is 0 Å². The Labute approximate surface area is 213 Å². The molecule has 1 fully saturated rings. The van der Waals surface area contributed by atoms with Gasteiger partial charge in [-0.3, -0.25) is 4.79 Å². The van der Waals surface area contributed by atoms with Gasteiger partial charge in [0.2, 0.25) is 11.8 Å². The molecule has 5 rings (SSSR count). The van der Waals surface area contributed by atoms with Crippen LogP contribution >= 0.6 is 0 Å². The molecule has 1 atom stereocenters. The van der Waals surface area contributed by atoms with Crippen LogP contribution in [0.4, 0.5) is 10.1 Å². The van der Waals surface area contributed by atoms with Crippen molar-refractivity contribution in [2.24, 2.45) is 5.73 Å². The zero-order valence-corrected chi connectivity index (χ0v) is 21.4. The minimum atomic E-state index is -4.09. The number of rotatable bonds is 4. The van der Waals surface area contributed by atoms with E-state index in [0.29, 0.717) is 11.1 Å². The van der Waals surface area contributed by atoms with Crippen LogP contribution in [-0.2, 0) is 36.9 Å². The quantitative estimate of drug-likeness (QED) is 0.517. The van der Waals surface area contributed by atoms with Crippen molar-refractivity contribution in [3.05, 3.63) is 59.2 Å². The summed E-state index contributed by atoms with van der Waals surface area (Å²) in [6.45, 7) is 5.91. The molecule has 3 aromatic rings. The molecule has 37 heavy (non-hydrogen) atoms. The number of aliphatic hydroxyl groups is 1. The molecule has 0 saturated carbocycles. The van der Waals surface area contributed by atoms with E-state index in [2.05, 4.69) is 10.2 Å². The number of halogens is 1. The highest BCUT2D eigenvalue weighted by Crippen LogP contribution is 2.38. The molecule has 10 nitrogen and oxygen atoms in total. The van der Waals surface area contributed by atoms with E-state index in [-0.39, 0.29) is 47.7 Å². The van der Waals surface area contributed by atoms with Crippen molar-refractivity contribution in [1.82, 2.24) is 10.2 Å². The van der Waals surface area contributed by atoms with Crippen LogP contribution in [0.25, 0.3) is 11.5 Å². The fraction of sp³-hybridized carbons (Fsp3) is 0.400. The summed E-state index contributed by atoms with van der Waals surface area (Å²) in [7, 11) is -4.09. The number of ether oxygens (including phenoxy) is 1. The maximum Gasteiger partial charge on any atom is 0.250 e. The first-order chi connectivity index (χ1) is 17.3. The zero-order valence-electron chi connectivity index (χ0n) is 20.6. The number of benzene rings is 2. The number of hydrogen-bond acceptors (Lipinski definition) is 9. The van der Waals surface area contributed by atoms with Crippen LogP contribution in [0.2, 0.25) is 0 Å². The number of hydrogen-bond donors (Lipinski definition) is 2. The Morgan fingerprint density at radius 2 is 1.86 bits per heavy atom. The molecule has 0 spiro atoms. The second-order valence-electron chi connectivity index (χ2n) is 10.5. The van der Waals surface area contributed by atoms with Crippen molar-refractivity contribution in [1.29, 1.82) is 0 Å². The Balaban J connectivity index is 1.59. The van der Waals surface area contributed by atoms with Crippen molar-refractivity contribution in [2.45, 2.75) is 49.3 Å². The predicted octanol–water partition coefficient (Wildman–Crippen LogP) is 2.04. The normalized spacial score (nSPS) is 20.8. The number of anilines is 1. The van der Waals surface area contributed by atoms with Crippen molar-refractivity contribution in [2.75, 3.05) is 23.9 Å². The van der Waals surface area contributed by atoms with E-state index < -0.39 is 44.4 Å². The Morgan fingerprint density at radius 1 is 1.19 bits per heavy atom. The van der Waals surface area contributed by atoms with Crippen molar-refractivity contribution in [3.63, 3.8) is 0 Å². The van der Waals surface area contributed by atoms with E-state index in [1.165, 1.54) is 11.0 Å². The monoisotopic (exact) mass is 530 g/mol. The number of carbonyl (C=O) groups excluding carboxylic acids is 1. The molecule has 0 bridgehead atoms. The number of sulfone groups is 1. The van der Waals surface area contributed by atoms with Crippen LogP contribution in [-0.4, -0.2) is 54.6 Å². The van der Waals surface area contributed by atoms with Crippen molar-refractivity contribution in [3.8, 4) is 11.5 Å². The average molecular weight is 531 g/mol. The molecular weight excluding hydrogens is 503 g/mol. The SMILES string of the molecule is CC(C)(C)c1nnc(-c2cc3c(cc2F)S(=O)(=O)C[C@H](N)C(=O)N3Cc2ccc(C3(O)COC3)cc2)o1. The number of fused-ring (bicyclic) bond motifs is 1. The first-order valence-corrected chi connectivity index (χ1v) is 13.3. The van der Waals surface area contributed by atoms with Gasteiger partial charge in [-0.05, 0) is 23.3 Å². The molecule has 196 valence electrons. The van der Waals surface area contributed by atoms with Crippen LogP contribution in [0, 0.1) is 5.82 Å². The Kier molecular flexibility index (Phi) is 5.98. The first-order valence-electron chi connectivity index (χ1n) is 11.7. The smallest absolute Gasteiger partial charge is 0.250 e. The van der Waals surface area contributed by atoms with Gasteiger partial charge >= 0.3 is 0 Å². The number of nitrogens with two attached hydrogens (primary N) is 1. The molecule has 0 radical (unpaired) electrons. The summed E-state index contributed by atoms with van der Waals surface area (Å²) in [5, 5.41) is 18.4. The summed E-state index contributed by atoms with van der Waals surface area (Å²) >= 11 is 0. The molecule has 3 N–H and O–H groups in total. The van der Waals surface area contributed by atoms with Crippen LogP contribution in [0.1, 0.15) is 37.8 Å². The van der Waals surface area contributed by atoms with Gasteiger partial charge in [0.15, 0.2) is 9.84 Å². The standard InChI is InChI=1S/C25H27FN4O6S/c1-24(2,3)23-29-28-21(36-23)16-8-19-20(9-17(16)26)37(33,34)11-18(27)22(31)30(19)10-14-4-6-15(7-5-14)25(32)12-35-13-25/h4-9,18,32H,10-13,27H2,1-3H3/t18-/m0/s1. The fourth-order valence-electron chi connectivity index (χ4n) is 4.25. The summed E-state index contributed by atoms with van der Waals surface area (Å²) in [5.41, 5.74) is 5.58. The number of carbonyl (C=O) groups is 1. The van der Waals surface area contributed by atoms with Gasteiger partial charge in [0, 0.05) is 5.41 Å². The lowest BCUT2D eigenvalue weighted by molar-refractivity contribution is -0.184. The molecule has 1 amide bonds. The Hall–Kier alpha value is -3.19. The third-order valence-electron chi connectivity index (χ3n) is 6.47. The number of amides is 1. The van der Waals surface area contributed by atoms with Gasteiger partial charge in [0.05, 0.1) is 47.7 Å². The van der Waals surface area contributed by atoms with Gasteiger partial charge in [-0.25, -0.2) is 12.8 Å². The number of nitrogens with zero attached hydrogens (tertiary/aromatic N) is 3. The second-order valence-corrected chi connectivity index (χ2v) is 12.5. The first kappa shape index (κ1) is 25.5. The van der Waals surface area contributed by atoms with E-state index >= 15 is 4.39 Å². The average Bonchev–Trinajstić information content (AvgIpc) is 3.29. The maximum atomic E-state index is 15.2. The lowest BCUT2D eigenvalue weighted by Crippen LogP contribution is -2.46.